The van der Waals surface area contributed by atoms with Crippen LogP contribution >= 0.6 is 12.2 Å². The van der Waals surface area contributed by atoms with Gasteiger partial charge >= 0.3 is 0 Å². The summed E-state index contributed by atoms with van der Waals surface area (Å²) in [4.78, 5) is 19.2. The Labute approximate surface area is 126 Å². The van der Waals surface area contributed by atoms with Crippen molar-refractivity contribution in [2.75, 3.05) is 18.0 Å². The van der Waals surface area contributed by atoms with Gasteiger partial charge in [0.05, 0.1) is 0 Å². The Morgan fingerprint density at radius 3 is 2.81 bits per heavy atom. The van der Waals surface area contributed by atoms with Crippen molar-refractivity contribution >= 4 is 18.2 Å². The van der Waals surface area contributed by atoms with Crippen molar-refractivity contribution in [2.45, 2.75) is 32.7 Å². The minimum absolute atomic E-state index is 0.104. The molecule has 1 saturated heterocycles. The van der Waals surface area contributed by atoms with Crippen molar-refractivity contribution in [1.82, 2.24) is 19.7 Å². The Morgan fingerprint density at radius 2 is 2.14 bits per heavy atom. The third-order valence-electron chi connectivity index (χ3n) is 3.53. The van der Waals surface area contributed by atoms with Gasteiger partial charge in [-0.3, -0.25) is 9.36 Å². The fourth-order valence-corrected chi connectivity index (χ4v) is 2.69. The number of anilines is 1. The number of hydrogen-bond donors (Lipinski definition) is 1. The average Bonchev–Trinajstić information content (AvgIpc) is 2.88. The lowest BCUT2D eigenvalue weighted by atomic mass is 10.1. The molecule has 3 rings (SSSR count). The molecule has 1 aliphatic rings. The van der Waals surface area contributed by atoms with Crippen LogP contribution in [0.4, 0.5) is 5.95 Å². The van der Waals surface area contributed by atoms with Crippen molar-refractivity contribution in [3.63, 3.8) is 0 Å². The van der Waals surface area contributed by atoms with Gasteiger partial charge in [0.2, 0.25) is 11.8 Å². The van der Waals surface area contributed by atoms with Gasteiger partial charge in [-0.2, -0.15) is 0 Å². The second-order valence-electron chi connectivity index (χ2n) is 5.18. The van der Waals surface area contributed by atoms with Crippen LogP contribution in [0, 0.1) is 11.8 Å². The molecule has 0 amide bonds. The van der Waals surface area contributed by atoms with Crippen LogP contribution in [0.25, 0.3) is 0 Å². The van der Waals surface area contributed by atoms with Crippen LogP contribution in [0.2, 0.25) is 0 Å². The van der Waals surface area contributed by atoms with Crippen LogP contribution in [0.1, 0.15) is 30.8 Å². The molecule has 1 aliphatic heterocycles. The standard InChI is InChI=1S/C13H17N5O2S/c1-9-7-11(19)18(8-10-15-16-13(21)20-10)12(14-9)17-5-3-2-4-6-17/h7H,2-6,8H2,1H3,(H,16,21). The first-order valence-corrected chi connectivity index (χ1v) is 7.42. The first-order valence-electron chi connectivity index (χ1n) is 7.01. The van der Waals surface area contributed by atoms with Crippen molar-refractivity contribution in [3.05, 3.63) is 32.8 Å². The van der Waals surface area contributed by atoms with Gasteiger partial charge in [0.1, 0.15) is 6.54 Å². The molecule has 112 valence electrons. The zero-order valence-electron chi connectivity index (χ0n) is 11.8. The molecule has 7 nitrogen and oxygen atoms in total. The van der Waals surface area contributed by atoms with E-state index in [-0.39, 0.29) is 16.9 Å². The van der Waals surface area contributed by atoms with Crippen LogP contribution < -0.4 is 10.5 Å². The molecule has 0 radical (unpaired) electrons. The second kappa shape index (κ2) is 5.80. The Bertz CT molecular complexity index is 742. The van der Waals surface area contributed by atoms with Gasteiger partial charge in [-0.25, -0.2) is 10.1 Å². The van der Waals surface area contributed by atoms with Crippen molar-refractivity contribution in [3.8, 4) is 0 Å². The number of rotatable bonds is 3. The maximum Gasteiger partial charge on any atom is 0.284 e. The lowest BCUT2D eigenvalue weighted by molar-refractivity contribution is 0.457. The van der Waals surface area contributed by atoms with E-state index in [0.29, 0.717) is 11.8 Å². The molecule has 3 heterocycles. The molecule has 2 aromatic heterocycles. The van der Waals surface area contributed by atoms with Crippen LogP contribution in [0.15, 0.2) is 15.3 Å². The second-order valence-corrected chi connectivity index (χ2v) is 5.55. The van der Waals surface area contributed by atoms with E-state index >= 15 is 0 Å². The number of aromatic amines is 1. The Hall–Kier alpha value is -1.96. The Balaban J connectivity index is 2.00. The monoisotopic (exact) mass is 307 g/mol. The molecule has 0 aromatic carbocycles. The largest absolute Gasteiger partial charge is 0.412 e. The first kappa shape index (κ1) is 14.0. The molecule has 0 unspecified atom stereocenters. The normalized spacial score (nSPS) is 15.4. The van der Waals surface area contributed by atoms with Crippen LogP contribution in [0.3, 0.4) is 0 Å². The number of nitrogens with zero attached hydrogens (tertiary/aromatic N) is 4. The summed E-state index contributed by atoms with van der Waals surface area (Å²) in [5.74, 6) is 1.06. The smallest absolute Gasteiger partial charge is 0.284 e. The average molecular weight is 307 g/mol. The SMILES string of the molecule is Cc1cc(=O)n(Cc2n[nH]c(=S)o2)c(N2CCCCC2)n1. The predicted molar refractivity (Wildman–Crippen MR) is 80.1 cm³/mol. The molecule has 0 bridgehead atoms. The van der Waals surface area contributed by atoms with Gasteiger partial charge in [0, 0.05) is 24.8 Å². The van der Waals surface area contributed by atoms with E-state index in [1.54, 1.807) is 4.57 Å². The highest BCUT2D eigenvalue weighted by molar-refractivity contribution is 7.71. The number of nitrogens with one attached hydrogen (secondary N) is 1. The minimum atomic E-state index is -0.104. The molecule has 0 saturated carbocycles. The summed E-state index contributed by atoms with van der Waals surface area (Å²) in [6.07, 6.45) is 3.46. The third-order valence-corrected chi connectivity index (χ3v) is 3.71. The molecule has 0 spiro atoms. The molecule has 8 heteroatoms. The Morgan fingerprint density at radius 1 is 1.38 bits per heavy atom. The highest BCUT2D eigenvalue weighted by Gasteiger charge is 2.18. The lowest BCUT2D eigenvalue weighted by Gasteiger charge is -2.29. The first-order chi connectivity index (χ1) is 10.1. The zero-order valence-corrected chi connectivity index (χ0v) is 12.7. The summed E-state index contributed by atoms with van der Waals surface area (Å²) in [5.41, 5.74) is 0.618. The fourth-order valence-electron chi connectivity index (χ4n) is 2.55. The van der Waals surface area contributed by atoms with Gasteiger partial charge in [-0.15, -0.1) is 5.10 Å². The summed E-state index contributed by atoms with van der Waals surface area (Å²) in [5, 5.41) is 6.53. The summed E-state index contributed by atoms with van der Waals surface area (Å²) in [7, 11) is 0. The van der Waals surface area contributed by atoms with E-state index in [0.717, 1.165) is 31.6 Å². The molecule has 21 heavy (non-hydrogen) atoms. The van der Waals surface area contributed by atoms with Gasteiger partial charge < -0.3 is 9.32 Å². The minimum Gasteiger partial charge on any atom is -0.412 e. The zero-order chi connectivity index (χ0) is 14.8. The van der Waals surface area contributed by atoms with Gasteiger partial charge in [-0.05, 0) is 38.4 Å². The van der Waals surface area contributed by atoms with Gasteiger partial charge in [0.25, 0.3) is 10.4 Å². The molecule has 2 aromatic rings. The lowest BCUT2D eigenvalue weighted by Crippen LogP contribution is -2.36. The van der Waals surface area contributed by atoms with E-state index < -0.39 is 0 Å². The van der Waals surface area contributed by atoms with Crippen LogP contribution in [0.5, 0.6) is 0 Å². The molecular formula is C13H17N5O2S. The maximum absolute atomic E-state index is 12.3. The number of aromatic nitrogens is 4. The summed E-state index contributed by atoms with van der Waals surface area (Å²) < 4.78 is 6.85. The molecule has 1 fully saturated rings. The molecular weight excluding hydrogens is 290 g/mol. The summed E-state index contributed by atoms with van der Waals surface area (Å²) in [6, 6.07) is 1.52. The molecule has 0 aliphatic carbocycles. The van der Waals surface area contributed by atoms with Crippen LogP contribution in [-0.2, 0) is 6.54 Å². The van der Waals surface area contributed by atoms with E-state index in [9.17, 15) is 4.79 Å². The van der Waals surface area contributed by atoms with Gasteiger partial charge in [0.15, 0.2) is 0 Å². The summed E-state index contributed by atoms with van der Waals surface area (Å²) in [6.45, 7) is 3.89. The highest BCUT2D eigenvalue weighted by atomic mass is 32.1. The summed E-state index contributed by atoms with van der Waals surface area (Å²) >= 11 is 4.86. The van der Waals surface area contributed by atoms with Crippen molar-refractivity contribution in [1.29, 1.82) is 0 Å². The molecule has 0 atom stereocenters. The Kier molecular flexibility index (Phi) is 3.87. The number of piperidine rings is 1. The number of hydrogen-bond acceptors (Lipinski definition) is 6. The van der Waals surface area contributed by atoms with E-state index in [4.69, 9.17) is 16.6 Å². The molecule has 1 N–H and O–H groups in total. The third kappa shape index (κ3) is 3.05. The highest BCUT2D eigenvalue weighted by Crippen LogP contribution is 2.17. The topological polar surface area (TPSA) is 80.0 Å². The number of H-pyrrole nitrogens is 1. The van der Waals surface area contributed by atoms with E-state index in [1.165, 1.54) is 12.5 Å². The predicted octanol–water partition coefficient (Wildman–Crippen LogP) is 1.64. The van der Waals surface area contributed by atoms with Crippen LogP contribution in [-0.4, -0.2) is 32.8 Å². The van der Waals surface area contributed by atoms with E-state index in [1.807, 2.05) is 6.92 Å². The fraction of sp³-hybridized carbons (Fsp3) is 0.538. The quantitative estimate of drug-likeness (QED) is 0.868. The van der Waals surface area contributed by atoms with Crippen molar-refractivity contribution in [2.24, 2.45) is 0 Å². The number of aryl methyl sites for hydroxylation is 1. The van der Waals surface area contributed by atoms with Crippen molar-refractivity contribution < 1.29 is 4.42 Å². The maximum atomic E-state index is 12.3. The van der Waals surface area contributed by atoms with E-state index in [2.05, 4.69) is 20.1 Å². The van der Waals surface area contributed by atoms with Gasteiger partial charge in [-0.1, -0.05) is 0 Å².